The van der Waals surface area contributed by atoms with Crippen LogP contribution in [0.15, 0.2) is 24.3 Å². The fraction of sp³-hybridized carbons (Fsp3) is 0.500. The van der Waals surface area contributed by atoms with Crippen molar-refractivity contribution in [3.8, 4) is 0 Å². The van der Waals surface area contributed by atoms with E-state index in [1.54, 1.807) is 11.3 Å². The summed E-state index contributed by atoms with van der Waals surface area (Å²) in [6, 6.07) is 8.23. The Bertz CT molecular complexity index is 581. The molecule has 0 saturated carbocycles. The van der Waals surface area contributed by atoms with Gasteiger partial charge in [-0.3, -0.25) is 0 Å². The second-order valence-electron chi connectivity index (χ2n) is 5.58. The fourth-order valence-corrected chi connectivity index (χ4v) is 4.17. The van der Waals surface area contributed by atoms with Crippen LogP contribution in [0.4, 0.5) is 5.13 Å². The minimum Gasteiger partial charge on any atom is -0.396 e. The average molecular weight is 276 g/mol. The Hall–Kier alpha value is -1.17. The number of thiazole rings is 1. The van der Waals surface area contributed by atoms with Crippen molar-refractivity contribution in [2.45, 2.75) is 0 Å². The van der Waals surface area contributed by atoms with E-state index in [4.69, 9.17) is 9.72 Å². The van der Waals surface area contributed by atoms with E-state index >= 15 is 0 Å². The molecule has 4 rings (SSSR count). The number of anilines is 1. The molecule has 0 radical (unpaired) electrons. The lowest BCUT2D eigenvalue weighted by atomic mass is 9.82. The van der Waals surface area contributed by atoms with E-state index in [9.17, 15) is 5.11 Å². The van der Waals surface area contributed by atoms with Gasteiger partial charge in [0, 0.05) is 24.4 Å². The third-order valence-electron chi connectivity index (χ3n) is 4.39. The molecular weight excluding hydrogens is 260 g/mol. The van der Waals surface area contributed by atoms with E-state index in [1.165, 1.54) is 4.70 Å². The topological polar surface area (TPSA) is 45.6 Å². The van der Waals surface area contributed by atoms with Crippen LogP contribution in [0.1, 0.15) is 0 Å². The number of ether oxygens (including phenoxy) is 1. The monoisotopic (exact) mass is 276 g/mol. The molecule has 19 heavy (non-hydrogen) atoms. The SMILES string of the molecule is OC[C@@]12COC[C@@H]1CN(c1nc3ccccc3s1)C2. The maximum atomic E-state index is 9.71. The third kappa shape index (κ3) is 1.69. The van der Waals surface area contributed by atoms with Crippen molar-refractivity contribution in [2.24, 2.45) is 11.3 Å². The minimum absolute atomic E-state index is 0.0716. The van der Waals surface area contributed by atoms with Gasteiger partial charge in [0.2, 0.25) is 0 Å². The summed E-state index contributed by atoms with van der Waals surface area (Å²) in [5.41, 5.74) is 0.992. The van der Waals surface area contributed by atoms with Gasteiger partial charge in [-0.25, -0.2) is 4.98 Å². The molecule has 0 unspecified atom stereocenters. The number of aliphatic hydroxyl groups excluding tert-OH is 1. The predicted octanol–water partition coefficient (Wildman–Crippen LogP) is 1.74. The standard InChI is InChI=1S/C14H16N2O2S/c17-8-14-7-16(5-10(14)6-18-9-14)13-15-11-3-1-2-4-12(11)19-13/h1-4,10,17H,5-9H2/t10-,14-/m0/s1. The molecule has 2 aromatic rings. The zero-order valence-electron chi connectivity index (χ0n) is 10.6. The summed E-state index contributed by atoms with van der Waals surface area (Å²) in [6.07, 6.45) is 0. The van der Waals surface area contributed by atoms with Crippen molar-refractivity contribution in [1.82, 2.24) is 4.98 Å². The first kappa shape index (κ1) is 11.6. The molecule has 5 heteroatoms. The molecule has 4 nitrogen and oxygen atoms in total. The van der Waals surface area contributed by atoms with Gasteiger partial charge in [-0.15, -0.1) is 0 Å². The number of fused-ring (bicyclic) bond motifs is 2. The van der Waals surface area contributed by atoms with Crippen molar-refractivity contribution >= 4 is 26.7 Å². The summed E-state index contributed by atoms with van der Waals surface area (Å²) in [7, 11) is 0. The number of aromatic nitrogens is 1. The smallest absolute Gasteiger partial charge is 0.186 e. The number of hydrogen-bond donors (Lipinski definition) is 1. The normalized spacial score (nSPS) is 30.2. The summed E-state index contributed by atoms with van der Waals surface area (Å²) in [4.78, 5) is 7.02. The van der Waals surface area contributed by atoms with Crippen LogP contribution in [0.3, 0.4) is 0 Å². The zero-order chi connectivity index (χ0) is 12.9. The molecule has 2 aliphatic rings. The fourth-order valence-electron chi connectivity index (χ4n) is 3.20. The Morgan fingerprint density at radius 1 is 1.47 bits per heavy atom. The minimum atomic E-state index is -0.0716. The van der Waals surface area contributed by atoms with Crippen LogP contribution in [-0.4, -0.2) is 43.0 Å². The number of rotatable bonds is 2. The molecule has 2 aliphatic heterocycles. The van der Waals surface area contributed by atoms with Crippen molar-refractivity contribution in [3.63, 3.8) is 0 Å². The zero-order valence-corrected chi connectivity index (χ0v) is 11.4. The first-order valence-electron chi connectivity index (χ1n) is 6.60. The molecule has 1 aromatic heterocycles. The van der Waals surface area contributed by atoms with Crippen LogP contribution in [0.5, 0.6) is 0 Å². The van der Waals surface area contributed by atoms with Gasteiger partial charge in [0.1, 0.15) is 0 Å². The second kappa shape index (κ2) is 4.16. The second-order valence-corrected chi connectivity index (χ2v) is 6.59. The van der Waals surface area contributed by atoms with Gasteiger partial charge in [-0.2, -0.15) is 0 Å². The highest BCUT2D eigenvalue weighted by Gasteiger charge is 2.50. The highest BCUT2D eigenvalue weighted by Crippen LogP contribution is 2.43. The number of hydrogen-bond acceptors (Lipinski definition) is 5. The van der Waals surface area contributed by atoms with E-state index in [0.29, 0.717) is 12.5 Å². The van der Waals surface area contributed by atoms with E-state index < -0.39 is 0 Å². The quantitative estimate of drug-likeness (QED) is 0.907. The third-order valence-corrected chi connectivity index (χ3v) is 5.49. The number of nitrogens with zero attached hydrogens (tertiary/aromatic N) is 2. The van der Waals surface area contributed by atoms with Crippen molar-refractivity contribution in [2.75, 3.05) is 37.8 Å². The van der Waals surface area contributed by atoms with Gasteiger partial charge in [-0.1, -0.05) is 23.5 Å². The summed E-state index contributed by atoms with van der Waals surface area (Å²) in [6.45, 7) is 3.45. The van der Waals surface area contributed by atoms with E-state index in [1.807, 2.05) is 12.1 Å². The first-order chi connectivity index (χ1) is 9.31. The Labute approximate surface area is 115 Å². The molecule has 100 valence electrons. The Balaban J connectivity index is 1.67. The Morgan fingerprint density at radius 2 is 2.37 bits per heavy atom. The lowest BCUT2D eigenvalue weighted by Crippen LogP contribution is -2.34. The molecular formula is C14H16N2O2S. The average Bonchev–Trinajstić information content (AvgIpc) is 3.09. The maximum Gasteiger partial charge on any atom is 0.186 e. The molecule has 3 heterocycles. The number of aliphatic hydroxyl groups is 1. The first-order valence-corrected chi connectivity index (χ1v) is 7.41. The van der Waals surface area contributed by atoms with Crippen LogP contribution in [0.25, 0.3) is 10.2 Å². The molecule has 2 fully saturated rings. The Kier molecular flexibility index (Phi) is 2.55. The van der Waals surface area contributed by atoms with Crippen molar-refractivity contribution in [3.05, 3.63) is 24.3 Å². The van der Waals surface area contributed by atoms with Crippen LogP contribution in [-0.2, 0) is 4.74 Å². The highest BCUT2D eigenvalue weighted by atomic mass is 32.1. The Morgan fingerprint density at radius 3 is 3.16 bits per heavy atom. The van der Waals surface area contributed by atoms with Gasteiger partial charge in [0.15, 0.2) is 5.13 Å². The van der Waals surface area contributed by atoms with E-state index in [2.05, 4.69) is 17.0 Å². The summed E-state index contributed by atoms with van der Waals surface area (Å²) < 4.78 is 6.77. The van der Waals surface area contributed by atoms with Crippen LogP contribution < -0.4 is 4.90 Å². The molecule has 0 amide bonds. The molecule has 0 aliphatic carbocycles. The van der Waals surface area contributed by atoms with Crippen LogP contribution in [0.2, 0.25) is 0 Å². The summed E-state index contributed by atoms with van der Waals surface area (Å²) in [5.74, 6) is 0.435. The molecule has 2 atom stereocenters. The predicted molar refractivity (Wildman–Crippen MR) is 75.7 cm³/mol. The molecule has 0 bridgehead atoms. The molecule has 1 N–H and O–H groups in total. The largest absolute Gasteiger partial charge is 0.396 e. The van der Waals surface area contributed by atoms with Gasteiger partial charge in [0.25, 0.3) is 0 Å². The van der Waals surface area contributed by atoms with Gasteiger partial charge < -0.3 is 14.7 Å². The highest BCUT2D eigenvalue weighted by molar-refractivity contribution is 7.22. The summed E-state index contributed by atoms with van der Waals surface area (Å²) in [5, 5.41) is 10.8. The lowest BCUT2D eigenvalue weighted by molar-refractivity contribution is 0.0989. The maximum absolute atomic E-state index is 9.71. The molecule has 0 spiro atoms. The summed E-state index contributed by atoms with van der Waals surface area (Å²) >= 11 is 1.73. The van der Waals surface area contributed by atoms with Gasteiger partial charge in [0.05, 0.1) is 30.0 Å². The van der Waals surface area contributed by atoms with Crippen LogP contribution >= 0.6 is 11.3 Å². The van der Waals surface area contributed by atoms with Gasteiger partial charge >= 0.3 is 0 Å². The van der Waals surface area contributed by atoms with Crippen LogP contribution in [0, 0.1) is 11.3 Å². The van der Waals surface area contributed by atoms with E-state index in [0.717, 1.165) is 30.3 Å². The molecule has 1 aromatic carbocycles. The number of benzene rings is 1. The van der Waals surface area contributed by atoms with Crippen molar-refractivity contribution < 1.29 is 9.84 Å². The lowest BCUT2D eigenvalue weighted by Gasteiger charge is -2.23. The van der Waals surface area contributed by atoms with E-state index in [-0.39, 0.29) is 12.0 Å². The van der Waals surface area contributed by atoms with Crippen molar-refractivity contribution in [1.29, 1.82) is 0 Å². The van der Waals surface area contributed by atoms with Gasteiger partial charge in [-0.05, 0) is 12.1 Å². The molecule has 2 saturated heterocycles. The number of para-hydroxylation sites is 1.